The van der Waals surface area contributed by atoms with E-state index in [0.29, 0.717) is 12.8 Å². The van der Waals surface area contributed by atoms with Crippen LogP contribution < -0.4 is 11.1 Å². The monoisotopic (exact) mass is 376 g/mol. The van der Waals surface area contributed by atoms with Crippen LogP contribution in [0.4, 0.5) is 0 Å². The lowest BCUT2D eigenvalue weighted by molar-refractivity contribution is -0.128. The number of hydrogen-bond acceptors (Lipinski definition) is 4. The molecule has 0 saturated carbocycles. The van der Waals surface area contributed by atoms with Gasteiger partial charge in [-0.05, 0) is 17.5 Å². The maximum Gasteiger partial charge on any atom is 0.237 e. The van der Waals surface area contributed by atoms with Crippen molar-refractivity contribution >= 4 is 11.7 Å². The summed E-state index contributed by atoms with van der Waals surface area (Å²) in [5, 5.41) is 2.85. The number of imidazole rings is 1. The Kier molecular flexibility index (Phi) is 6.70. The molecule has 0 saturated heterocycles. The standard InChI is InChI=1S/C22H24N4O2/c23-19(13-18-14-24-15-25-18)22(28)26-20(11-16-7-3-1-4-8-16)21(27)12-17-9-5-2-6-10-17/h1-10,14-15,19-20H,11-13,23H2,(H,24,25)(H,26,28)/t19-,20-/m0/s1. The number of hydrogen-bond donors (Lipinski definition) is 3. The van der Waals surface area contributed by atoms with Crippen molar-refractivity contribution in [2.24, 2.45) is 5.73 Å². The topological polar surface area (TPSA) is 101 Å². The number of nitrogens with zero attached hydrogens (tertiary/aromatic N) is 1. The van der Waals surface area contributed by atoms with Crippen molar-refractivity contribution in [1.29, 1.82) is 0 Å². The normalized spacial score (nSPS) is 12.9. The van der Waals surface area contributed by atoms with Crippen LogP contribution in [0.25, 0.3) is 0 Å². The summed E-state index contributed by atoms with van der Waals surface area (Å²) in [6, 6.07) is 17.8. The van der Waals surface area contributed by atoms with Gasteiger partial charge in [-0.15, -0.1) is 0 Å². The van der Waals surface area contributed by atoms with E-state index in [0.717, 1.165) is 16.8 Å². The number of rotatable bonds is 9. The SMILES string of the molecule is N[C@@H](Cc1cnc[nH]1)C(=O)N[C@@H](Cc1ccccc1)C(=O)Cc1ccccc1. The average molecular weight is 376 g/mol. The molecule has 0 fully saturated rings. The first kappa shape index (κ1) is 19.5. The first-order valence-electron chi connectivity index (χ1n) is 9.25. The molecule has 2 aromatic carbocycles. The van der Waals surface area contributed by atoms with Crippen molar-refractivity contribution < 1.29 is 9.59 Å². The highest BCUT2D eigenvalue weighted by molar-refractivity contribution is 5.92. The van der Waals surface area contributed by atoms with Crippen LogP contribution in [0.3, 0.4) is 0 Å². The summed E-state index contributed by atoms with van der Waals surface area (Å²) in [4.78, 5) is 32.4. The largest absolute Gasteiger partial charge is 0.348 e. The van der Waals surface area contributed by atoms with Gasteiger partial charge in [-0.1, -0.05) is 60.7 Å². The van der Waals surface area contributed by atoms with E-state index in [1.165, 1.54) is 0 Å². The molecular formula is C22H24N4O2. The van der Waals surface area contributed by atoms with Crippen molar-refractivity contribution in [3.05, 3.63) is 90.0 Å². The number of aromatic amines is 1. The Morgan fingerprint density at radius 2 is 1.61 bits per heavy atom. The van der Waals surface area contributed by atoms with E-state index in [9.17, 15) is 9.59 Å². The van der Waals surface area contributed by atoms with Gasteiger partial charge in [-0.2, -0.15) is 0 Å². The molecule has 0 unspecified atom stereocenters. The Bertz CT molecular complexity index is 879. The van der Waals surface area contributed by atoms with Gasteiger partial charge in [0.15, 0.2) is 5.78 Å². The minimum absolute atomic E-state index is 0.0443. The van der Waals surface area contributed by atoms with Crippen molar-refractivity contribution in [1.82, 2.24) is 15.3 Å². The smallest absolute Gasteiger partial charge is 0.237 e. The zero-order valence-electron chi connectivity index (χ0n) is 15.5. The van der Waals surface area contributed by atoms with Gasteiger partial charge in [0.1, 0.15) is 0 Å². The lowest BCUT2D eigenvalue weighted by Gasteiger charge is -2.20. The highest BCUT2D eigenvalue weighted by Crippen LogP contribution is 2.09. The van der Waals surface area contributed by atoms with Crippen LogP contribution in [-0.2, 0) is 28.9 Å². The molecule has 0 bridgehead atoms. The van der Waals surface area contributed by atoms with E-state index in [1.807, 2.05) is 60.7 Å². The fourth-order valence-electron chi connectivity index (χ4n) is 3.02. The van der Waals surface area contributed by atoms with E-state index in [1.54, 1.807) is 12.5 Å². The highest BCUT2D eigenvalue weighted by Gasteiger charge is 2.24. The zero-order chi connectivity index (χ0) is 19.8. The molecule has 0 spiro atoms. The van der Waals surface area contributed by atoms with Crippen LogP contribution >= 0.6 is 0 Å². The molecule has 6 heteroatoms. The Morgan fingerprint density at radius 3 is 2.21 bits per heavy atom. The van der Waals surface area contributed by atoms with Gasteiger partial charge in [0.25, 0.3) is 0 Å². The fraction of sp³-hybridized carbons (Fsp3) is 0.227. The van der Waals surface area contributed by atoms with E-state index in [2.05, 4.69) is 15.3 Å². The first-order chi connectivity index (χ1) is 13.6. The molecule has 1 heterocycles. The molecule has 2 atom stereocenters. The summed E-state index contributed by atoms with van der Waals surface area (Å²) in [7, 11) is 0. The van der Waals surface area contributed by atoms with Crippen molar-refractivity contribution in [2.45, 2.75) is 31.3 Å². The van der Waals surface area contributed by atoms with E-state index < -0.39 is 12.1 Å². The third-order valence-electron chi connectivity index (χ3n) is 4.54. The van der Waals surface area contributed by atoms with Gasteiger partial charge in [-0.3, -0.25) is 9.59 Å². The number of benzene rings is 2. The lowest BCUT2D eigenvalue weighted by Crippen LogP contribution is -2.50. The molecule has 0 aliphatic rings. The van der Waals surface area contributed by atoms with E-state index >= 15 is 0 Å². The van der Waals surface area contributed by atoms with Crippen molar-refractivity contribution in [2.75, 3.05) is 0 Å². The van der Waals surface area contributed by atoms with Crippen molar-refractivity contribution in [3.63, 3.8) is 0 Å². The summed E-state index contributed by atoms with van der Waals surface area (Å²) < 4.78 is 0. The molecule has 6 nitrogen and oxygen atoms in total. The second kappa shape index (κ2) is 9.62. The molecule has 0 radical (unpaired) electrons. The summed E-state index contributed by atoms with van der Waals surface area (Å²) >= 11 is 0. The van der Waals surface area contributed by atoms with Gasteiger partial charge in [0.05, 0.1) is 18.4 Å². The first-order valence-corrected chi connectivity index (χ1v) is 9.25. The second-order valence-corrected chi connectivity index (χ2v) is 6.77. The Balaban J connectivity index is 1.69. The van der Waals surface area contributed by atoms with Gasteiger partial charge in [-0.25, -0.2) is 4.98 Å². The molecular weight excluding hydrogens is 352 g/mol. The molecule has 0 aliphatic heterocycles. The summed E-state index contributed by atoms with van der Waals surface area (Å²) in [5.41, 5.74) is 8.71. The summed E-state index contributed by atoms with van der Waals surface area (Å²) in [5.74, 6) is -0.394. The maximum atomic E-state index is 12.9. The number of Topliss-reactive ketones (excluding diaryl/α,β-unsaturated/α-hetero) is 1. The molecule has 4 N–H and O–H groups in total. The number of H-pyrrole nitrogens is 1. The molecule has 144 valence electrons. The minimum atomic E-state index is -0.761. The second-order valence-electron chi connectivity index (χ2n) is 6.77. The van der Waals surface area contributed by atoms with Crippen LogP contribution in [0.15, 0.2) is 73.2 Å². The lowest BCUT2D eigenvalue weighted by atomic mass is 9.97. The highest BCUT2D eigenvalue weighted by atomic mass is 16.2. The minimum Gasteiger partial charge on any atom is -0.348 e. The molecule has 3 aromatic rings. The summed E-state index contributed by atoms with van der Waals surface area (Å²) in [6.45, 7) is 0. The Labute approximate surface area is 164 Å². The zero-order valence-corrected chi connectivity index (χ0v) is 15.5. The van der Waals surface area contributed by atoms with Crippen LogP contribution in [0.2, 0.25) is 0 Å². The van der Waals surface area contributed by atoms with Crippen LogP contribution in [0.1, 0.15) is 16.8 Å². The van der Waals surface area contributed by atoms with E-state index in [-0.39, 0.29) is 18.1 Å². The predicted molar refractivity (Wildman–Crippen MR) is 107 cm³/mol. The van der Waals surface area contributed by atoms with Crippen LogP contribution in [0.5, 0.6) is 0 Å². The van der Waals surface area contributed by atoms with Gasteiger partial charge < -0.3 is 16.0 Å². The number of aromatic nitrogens is 2. The number of amides is 1. The number of carbonyl (C=O) groups is 2. The van der Waals surface area contributed by atoms with Crippen LogP contribution in [0, 0.1) is 0 Å². The number of carbonyl (C=O) groups excluding carboxylic acids is 2. The third-order valence-corrected chi connectivity index (χ3v) is 4.54. The van der Waals surface area contributed by atoms with Gasteiger partial charge in [0, 0.05) is 24.7 Å². The summed E-state index contributed by atoms with van der Waals surface area (Å²) in [6.07, 6.45) is 4.19. The average Bonchev–Trinajstić information content (AvgIpc) is 3.22. The fourth-order valence-corrected chi connectivity index (χ4v) is 3.02. The molecule has 1 amide bonds. The Morgan fingerprint density at radius 1 is 0.964 bits per heavy atom. The molecule has 3 rings (SSSR count). The van der Waals surface area contributed by atoms with Gasteiger partial charge in [0.2, 0.25) is 5.91 Å². The quantitative estimate of drug-likeness (QED) is 0.530. The molecule has 0 aliphatic carbocycles. The Hall–Kier alpha value is -3.25. The van der Waals surface area contributed by atoms with E-state index in [4.69, 9.17) is 5.73 Å². The maximum absolute atomic E-state index is 12.9. The number of nitrogens with two attached hydrogens (primary N) is 1. The molecule has 28 heavy (non-hydrogen) atoms. The van der Waals surface area contributed by atoms with Gasteiger partial charge >= 0.3 is 0 Å². The number of nitrogens with one attached hydrogen (secondary N) is 2. The van der Waals surface area contributed by atoms with Crippen molar-refractivity contribution in [3.8, 4) is 0 Å². The van der Waals surface area contributed by atoms with Crippen LogP contribution in [-0.4, -0.2) is 33.7 Å². The third kappa shape index (κ3) is 5.62. The number of ketones is 1. The predicted octanol–water partition coefficient (Wildman–Crippen LogP) is 1.82. The molecule has 1 aromatic heterocycles.